The molecule has 0 radical (unpaired) electrons. The third-order valence-corrected chi connectivity index (χ3v) is 7.22. The van der Waals surface area contributed by atoms with Crippen LogP contribution in [0.1, 0.15) is 37.7 Å². The molecule has 1 aliphatic rings. The number of halogens is 2. The van der Waals surface area contributed by atoms with E-state index in [2.05, 4.69) is 20.3 Å². The van der Waals surface area contributed by atoms with Crippen molar-refractivity contribution in [2.24, 2.45) is 5.92 Å². The molecule has 0 bridgehead atoms. The summed E-state index contributed by atoms with van der Waals surface area (Å²) in [6.45, 7) is 4.67. The van der Waals surface area contributed by atoms with Crippen LogP contribution >= 0.6 is 11.3 Å². The molecule has 0 saturated carbocycles. The van der Waals surface area contributed by atoms with Crippen molar-refractivity contribution in [2.75, 3.05) is 29.7 Å². The van der Waals surface area contributed by atoms with Gasteiger partial charge in [0.2, 0.25) is 0 Å². The van der Waals surface area contributed by atoms with Crippen molar-refractivity contribution >= 4 is 32.2 Å². The smallest absolute Gasteiger partial charge is 0.266 e. The third-order valence-electron chi connectivity index (χ3n) is 5.03. The molecular weight excluding hydrogens is 418 g/mol. The highest BCUT2D eigenvalue weighted by molar-refractivity contribution is 7.93. The first-order chi connectivity index (χ1) is 13.8. The number of thiazole rings is 1. The standard InChI is InChI=1S/C19H26F2N4O2S2/c1-13-9-17(29(26,27)25-19-24-12-18(21)28-19)15(20)10-16(13)23-7-4-2-3-5-14-6-8-22-11-14/h9-10,12,14,22-23H,2-8,11H2,1H3,(H,24,25)/t14-/m1/s1. The Hall–Kier alpha value is -1.78. The second-order valence-corrected chi connectivity index (χ2v) is 9.94. The third kappa shape index (κ3) is 6.10. The number of anilines is 2. The fraction of sp³-hybridized carbons (Fsp3) is 0.526. The van der Waals surface area contributed by atoms with Gasteiger partial charge in [-0.05, 0) is 62.9 Å². The number of benzene rings is 1. The highest BCUT2D eigenvalue weighted by Crippen LogP contribution is 2.26. The number of nitrogens with one attached hydrogen (secondary N) is 3. The van der Waals surface area contributed by atoms with Crippen molar-refractivity contribution in [3.8, 4) is 0 Å². The fourth-order valence-corrected chi connectivity index (χ4v) is 5.37. The number of sulfonamides is 1. The second kappa shape index (κ2) is 9.82. The largest absolute Gasteiger partial charge is 0.385 e. The number of hydrogen-bond donors (Lipinski definition) is 3. The maximum atomic E-state index is 14.5. The van der Waals surface area contributed by atoms with E-state index in [0.29, 0.717) is 29.1 Å². The molecule has 3 N–H and O–H groups in total. The van der Waals surface area contributed by atoms with Gasteiger partial charge in [0, 0.05) is 12.2 Å². The monoisotopic (exact) mass is 444 g/mol. The number of rotatable bonds is 10. The van der Waals surface area contributed by atoms with Crippen LogP contribution in [0.3, 0.4) is 0 Å². The Labute approximate surface area is 174 Å². The van der Waals surface area contributed by atoms with Gasteiger partial charge in [-0.2, -0.15) is 4.39 Å². The predicted molar refractivity (Wildman–Crippen MR) is 112 cm³/mol. The average Bonchev–Trinajstić information content (AvgIpc) is 3.31. The lowest BCUT2D eigenvalue weighted by molar-refractivity contribution is 0.493. The van der Waals surface area contributed by atoms with E-state index in [0.717, 1.165) is 38.0 Å². The Kier molecular flexibility index (Phi) is 7.42. The molecule has 3 rings (SSSR count). The van der Waals surface area contributed by atoms with Crippen molar-refractivity contribution in [2.45, 2.75) is 43.9 Å². The van der Waals surface area contributed by atoms with Gasteiger partial charge in [-0.25, -0.2) is 17.8 Å². The van der Waals surface area contributed by atoms with Gasteiger partial charge >= 0.3 is 0 Å². The molecule has 10 heteroatoms. The molecule has 1 aromatic heterocycles. The lowest BCUT2D eigenvalue weighted by Crippen LogP contribution is -2.15. The van der Waals surface area contributed by atoms with Crippen LogP contribution in [0.25, 0.3) is 0 Å². The summed E-state index contributed by atoms with van der Waals surface area (Å²) in [5.41, 5.74) is 1.19. The quantitative estimate of drug-likeness (QED) is 0.481. The van der Waals surface area contributed by atoms with Crippen molar-refractivity contribution < 1.29 is 17.2 Å². The second-order valence-electron chi connectivity index (χ2n) is 7.31. The van der Waals surface area contributed by atoms with Gasteiger partial charge in [-0.1, -0.05) is 24.2 Å². The minimum atomic E-state index is -4.19. The molecule has 0 unspecified atom stereocenters. The first-order valence-corrected chi connectivity index (χ1v) is 12.0. The zero-order valence-corrected chi connectivity index (χ0v) is 17.9. The summed E-state index contributed by atoms with van der Waals surface area (Å²) in [5, 5.41) is 5.79. The van der Waals surface area contributed by atoms with Gasteiger partial charge in [-0.15, -0.1) is 0 Å². The highest BCUT2D eigenvalue weighted by Gasteiger charge is 2.22. The minimum absolute atomic E-state index is 0.143. The molecule has 1 saturated heterocycles. The number of unbranched alkanes of at least 4 members (excludes halogenated alkanes) is 2. The molecule has 1 aliphatic heterocycles. The normalized spacial score (nSPS) is 16.9. The van der Waals surface area contributed by atoms with Gasteiger partial charge in [0.15, 0.2) is 10.3 Å². The molecule has 0 aliphatic carbocycles. The molecular formula is C19H26F2N4O2S2. The van der Waals surface area contributed by atoms with Crippen molar-refractivity contribution in [3.05, 3.63) is 34.8 Å². The summed E-state index contributed by atoms with van der Waals surface area (Å²) in [6, 6.07) is 2.47. The molecule has 160 valence electrons. The maximum absolute atomic E-state index is 14.5. The Morgan fingerprint density at radius 3 is 2.79 bits per heavy atom. The molecule has 1 atom stereocenters. The van der Waals surface area contributed by atoms with Crippen LogP contribution in [-0.2, 0) is 10.0 Å². The zero-order valence-electron chi connectivity index (χ0n) is 16.3. The minimum Gasteiger partial charge on any atom is -0.385 e. The lowest BCUT2D eigenvalue weighted by Gasteiger charge is -2.13. The molecule has 2 aromatic rings. The first kappa shape index (κ1) is 21.9. The van der Waals surface area contributed by atoms with Gasteiger partial charge < -0.3 is 10.6 Å². The van der Waals surface area contributed by atoms with E-state index in [-0.39, 0.29) is 5.13 Å². The van der Waals surface area contributed by atoms with Gasteiger partial charge in [0.25, 0.3) is 10.0 Å². The number of aryl methyl sites for hydroxylation is 1. The van der Waals surface area contributed by atoms with Crippen molar-refractivity contribution in [3.63, 3.8) is 0 Å². The molecule has 29 heavy (non-hydrogen) atoms. The van der Waals surface area contributed by atoms with E-state index in [1.54, 1.807) is 6.92 Å². The van der Waals surface area contributed by atoms with E-state index >= 15 is 0 Å². The summed E-state index contributed by atoms with van der Waals surface area (Å²) in [6.07, 6.45) is 6.66. The van der Waals surface area contributed by atoms with Crippen LogP contribution in [0.15, 0.2) is 23.2 Å². The lowest BCUT2D eigenvalue weighted by atomic mass is 10.0. The predicted octanol–water partition coefficient (Wildman–Crippen LogP) is 4.11. The van der Waals surface area contributed by atoms with Crippen molar-refractivity contribution in [1.82, 2.24) is 10.3 Å². The SMILES string of the molecule is Cc1cc(S(=O)(=O)Nc2ncc(F)s2)c(F)cc1NCCCCC[C@@H]1CCNC1. The van der Waals surface area contributed by atoms with Gasteiger partial charge in [0.05, 0.1) is 6.20 Å². The Morgan fingerprint density at radius 1 is 1.28 bits per heavy atom. The summed E-state index contributed by atoms with van der Waals surface area (Å²) in [5.74, 6) is -0.0698. The van der Waals surface area contributed by atoms with Crippen LogP contribution in [0.4, 0.5) is 19.6 Å². The summed E-state index contributed by atoms with van der Waals surface area (Å²) in [4.78, 5) is 3.12. The summed E-state index contributed by atoms with van der Waals surface area (Å²) in [7, 11) is -4.19. The van der Waals surface area contributed by atoms with Gasteiger partial charge in [-0.3, -0.25) is 4.72 Å². The number of hydrogen-bond acceptors (Lipinski definition) is 6. The van der Waals surface area contributed by atoms with Crippen LogP contribution < -0.4 is 15.4 Å². The Morgan fingerprint density at radius 2 is 2.10 bits per heavy atom. The van der Waals surface area contributed by atoms with Crippen LogP contribution in [0.2, 0.25) is 0 Å². The maximum Gasteiger partial charge on any atom is 0.266 e. The molecule has 1 fully saturated rings. The molecule has 2 heterocycles. The molecule has 0 spiro atoms. The van der Waals surface area contributed by atoms with E-state index in [1.807, 2.05) is 0 Å². The van der Waals surface area contributed by atoms with Crippen molar-refractivity contribution in [1.29, 1.82) is 0 Å². The summed E-state index contributed by atoms with van der Waals surface area (Å²) < 4.78 is 54.4. The van der Waals surface area contributed by atoms with E-state index in [9.17, 15) is 17.2 Å². The van der Waals surface area contributed by atoms with Crippen LogP contribution in [0, 0.1) is 23.8 Å². The average molecular weight is 445 g/mol. The Bertz CT molecular complexity index is 928. The van der Waals surface area contributed by atoms with Gasteiger partial charge in [0.1, 0.15) is 10.7 Å². The highest BCUT2D eigenvalue weighted by atomic mass is 32.2. The summed E-state index contributed by atoms with van der Waals surface area (Å²) >= 11 is 0.542. The molecule has 6 nitrogen and oxygen atoms in total. The zero-order chi connectivity index (χ0) is 20.9. The molecule has 1 aromatic carbocycles. The Balaban J connectivity index is 1.53. The fourth-order valence-electron chi connectivity index (χ4n) is 3.44. The van der Waals surface area contributed by atoms with Crippen LogP contribution in [-0.4, -0.2) is 33.0 Å². The number of aromatic nitrogens is 1. The van der Waals surface area contributed by atoms with E-state index in [4.69, 9.17) is 0 Å². The number of nitrogens with zero attached hydrogens (tertiary/aromatic N) is 1. The first-order valence-electron chi connectivity index (χ1n) is 9.74. The van der Waals surface area contributed by atoms with E-state index in [1.165, 1.54) is 31.4 Å². The molecule has 0 amide bonds. The van der Waals surface area contributed by atoms with E-state index < -0.39 is 25.9 Å². The van der Waals surface area contributed by atoms with Crippen LogP contribution in [0.5, 0.6) is 0 Å². The topological polar surface area (TPSA) is 83.1 Å².